The first-order valence-corrected chi connectivity index (χ1v) is 8.42. The zero-order chi connectivity index (χ0) is 17.0. The Kier molecular flexibility index (Phi) is 4.82. The van der Waals surface area contributed by atoms with Crippen LogP contribution >= 0.6 is 0 Å². The molecule has 1 fully saturated rings. The molecule has 1 aromatic carbocycles. The molecule has 2 aromatic rings. The molecule has 24 heavy (non-hydrogen) atoms. The highest BCUT2D eigenvalue weighted by Crippen LogP contribution is 2.35. The van der Waals surface area contributed by atoms with Crippen LogP contribution in [0.5, 0.6) is 0 Å². The van der Waals surface area contributed by atoms with Crippen LogP contribution < -0.4 is 4.90 Å². The van der Waals surface area contributed by atoms with Crippen molar-refractivity contribution in [2.24, 2.45) is 5.41 Å². The van der Waals surface area contributed by atoms with Crippen molar-refractivity contribution in [2.75, 3.05) is 24.6 Å². The summed E-state index contributed by atoms with van der Waals surface area (Å²) in [7, 11) is 0. The van der Waals surface area contributed by atoms with E-state index < -0.39 is 0 Å². The molecule has 0 spiro atoms. The molecule has 0 unspecified atom stereocenters. The van der Waals surface area contributed by atoms with Gasteiger partial charge in [0.25, 0.3) is 0 Å². The lowest BCUT2D eigenvalue weighted by atomic mass is 9.75. The van der Waals surface area contributed by atoms with Crippen molar-refractivity contribution in [1.29, 1.82) is 5.26 Å². The minimum atomic E-state index is -0.158. The fraction of sp³-hybridized carbons (Fsp3) is 0.400. The maximum Gasteiger partial charge on any atom is 0.129 e. The van der Waals surface area contributed by atoms with Gasteiger partial charge >= 0.3 is 0 Å². The van der Waals surface area contributed by atoms with E-state index in [2.05, 4.69) is 47.1 Å². The summed E-state index contributed by atoms with van der Waals surface area (Å²) >= 11 is 0. The minimum Gasteiger partial charge on any atom is -0.396 e. The molecule has 2 heterocycles. The number of hydrogen-bond acceptors (Lipinski definition) is 4. The van der Waals surface area contributed by atoms with Crippen LogP contribution in [-0.4, -0.2) is 29.8 Å². The predicted octanol–water partition coefficient (Wildman–Crippen LogP) is 3.08. The van der Waals surface area contributed by atoms with Gasteiger partial charge in [0.1, 0.15) is 5.82 Å². The summed E-state index contributed by atoms with van der Waals surface area (Å²) in [6.45, 7) is 3.96. The molecular formula is C20H23N3O. The summed E-state index contributed by atoms with van der Waals surface area (Å²) in [4.78, 5) is 6.64. The third-order valence-electron chi connectivity index (χ3n) is 5.02. The van der Waals surface area contributed by atoms with Crippen molar-refractivity contribution in [1.82, 2.24) is 4.98 Å². The van der Waals surface area contributed by atoms with E-state index >= 15 is 0 Å². The van der Waals surface area contributed by atoms with E-state index in [1.54, 1.807) is 12.3 Å². The largest absolute Gasteiger partial charge is 0.396 e. The van der Waals surface area contributed by atoms with Crippen molar-refractivity contribution < 1.29 is 5.11 Å². The zero-order valence-electron chi connectivity index (χ0n) is 14.1. The van der Waals surface area contributed by atoms with Crippen LogP contribution in [-0.2, 0) is 6.42 Å². The van der Waals surface area contributed by atoms with Crippen LogP contribution in [0.3, 0.4) is 0 Å². The van der Waals surface area contributed by atoms with Gasteiger partial charge in [-0.25, -0.2) is 4.98 Å². The molecule has 1 atom stereocenters. The number of nitriles is 1. The van der Waals surface area contributed by atoms with E-state index in [9.17, 15) is 5.11 Å². The molecule has 0 aliphatic carbocycles. The molecule has 1 N–H and O–H groups in total. The number of anilines is 1. The van der Waals surface area contributed by atoms with Gasteiger partial charge < -0.3 is 10.0 Å². The van der Waals surface area contributed by atoms with Gasteiger partial charge in [-0.1, -0.05) is 24.3 Å². The standard InChI is InChI=1S/C20H23N3O/c1-16-5-2-3-6-18(16)12-20(15-24)8-4-10-23(14-20)19-11-17(13-21)7-9-22-19/h2-3,5-7,9,11,24H,4,8,10,12,14-15H2,1H3/t20-/m1/s1. The number of hydrogen-bond donors (Lipinski definition) is 1. The third-order valence-corrected chi connectivity index (χ3v) is 5.02. The fourth-order valence-electron chi connectivity index (χ4n) is 3.61. The van der Waals surface area contributed by atoms with Gasteiger partial charge in [-0.2, -0.15) is 5.26 Å². The summed E-state index contributed by atoms with van der Waals surface area (Å²) < 4.78 is 0. The van der Waals surface area contributed by atoms with Crippen molar-refractivity contribution in [3.63, 3.8) is 0 Å². The average molecular weight is 321 g/mol. The van der Waals surface area contributed by atoms with Gasteiger partial charge in [0.05, 0.1) is 18.2 Å². The van der Waals surface area contributed by atoms with E-state index in [1.807, 2.05) is 6.07 Å². The van der Waals surface area contributed by atoms with Crippen molar-refractivity contribution in [3.8, 4) is 6.07 Å². The SMILES string of the molecule is Cc1ccccc1C[C@]1(CO)CCCN(c2cc(C#N)ccn2)C1. The third kappa shape index (κ3) is 3.42. The van der Waals surface area contributed by atoms with Gasteiger partial charge in [0.15, 0.2) is 0 Å². The van der Waals surface area contributed by atoms with Crippen LogP contribution in [0.1, 0.15) is 29.5 Å². The topological polar surface area (TPSA) is 60.1 Å². The normalized spacial score (nSPS) is 20.6. The first kappa shape index (κ1) is 16.5. The molecule has 1 aliphatic heterocycles. The Morgan fingerprint density at radius 2 is 2.17 bits per heavy atom. The van der Waals surface area contributed by atoms with Crippen LogP contribution in [0.4, 0.5) is 5.82 Å². The molecule has 0 amide bonds. The molecule has 0 saturated carbocycles. The van der Waals surface area contributed by atoms with Crippen LogP contribution in [0.25, 0.3) is 0 Å². The Labute approximate surface area is 143 Å². The van der Waals surface area contributed by atoms with Crippen LogP contribution in [0.15, 0.2) is 42.6 Å². The number of nitrogens with zero attached hydrogens (tertiary/aromatic N) is 3. The fourth-order valence-corrected chi connectivity index (χ4v) is 3.61. The van der Waals surface area contributed by atoms with Crippen molar-refractivity contribution >= 4 is 5.82 Å². The van der Waals surface area contributed by atoms with Crippen molar-refractivity contribution in [3.05, 3.63) is 59.3 Å². The Balaban J connectivity index is 1.84. The van der Waals surface area contributed by atoms with E-state index in [0.717, 1.165) is 38.2 Å². The Bertz CT molecular complexity index is 753. The van der Waals surface area contributed by atoms with E-state index in [-0.39, 0.29) is 12.0 Å². The second-order valence-corrected chi connectivity index (χ2v) is 6.80. The first-order chi connectivity index (χ1) is 11.7. The smallest absolute Gasteiger partial charge is 0.129 e. The molecule has 4 nitrogen and oxygen atoms in total. The predicted molar refractivity (Wildman–Crippen MR) is 94.8 cm³/mol. The molecule has 0 radical (unpaired) electrons. The summed E-state index contributed by atoms with van der Waals surface area (Å²) in [6, 6.07) is 14.1. The number of aliphatic hydroxyl groups excluding tert-OH is 1. The van der Waals surface area contributed by atoms with Crippen LogP contribution in [0, 0.1) is 23.7 Å². The molecule has 124 valence electrons. The molecule has 3 rings (SSSR count). The summed E-state index contributed by atoms with van der Waals surface area (Å²) in [5.74, 6) is 0.830. The monoisotopic (exact) mass is 321 g/mol. The van der Waals surface area contributed by atoms with Gasteiger partial charge in [0, 0.05) is 24.7 Å². The lowest BCUT2D eigenvalue weighted by molar-refractivity contribution is 0.105. The number of aromatic nitrogens is 1. The maximum absolute atomic E-state index is 10.2. The van der Waals surface area contributed by atoms with Gasteiger partial charge in [0.2, 0.25) is 0 Å². The lowest BCUT2D eigenvalue weighted by Gasteiger charge is -2.42. The first-order valence-electron chi connectivity index (χ1n) is 8.42. The number of pyridine rings is 1. The van der Waals surface area contributed by atoms with E-state index in [1.165, 1.54) is 11.1 Å². The summed E-state index contributed by atoms with van der Waals surface area (Å²) in [6.07, 6.45) is 4.58. The zero-order valence-corrected chi connectivity index (χ0v) is 14.1. The second-order valence-electron chi connectivity index (χ2n) is 6.80. The number of piperidine rings is 1. The van der Waals surface area contributed by atoms with Crippen LogP contribution in [0.2, 0.25) is 0 Å². The summed E-state index contributed by atoms with van der Waals surface area (Å²) in [5, 5.41) is 19.3. The molecule has 1 aromatic heterocycles. The number of aryl methyl sites for hydroxylation is 1. The maximum atomic E-state index is 10.2. The quantitative estimate of drug-likeness (QED) is 0.940. The van der Waals surface area contributed by atoms with Gasteiger partial charge in [-0.3, -0.25) is 0 Å². The van der Waals surface area contributed by atoms with E-state index in [4.69, 9.17) is 5.26 Å². The molecular weight excluding hydrogens is 298 g/mol. The van der Waals surface area contributed by atoms with Gasteiger partial charge in [-0.15, -0.1) is 0 Å². The molecule has 1 saturated heterocycles. The highest BCUT2D eigenvalue weighted by Gasteiger charge is 2.36. The second kappa shape index (κ2) is 7.02. The Morgan fingerprint density at radius 1 is 1.33 bits per heavy atom. The minimum absolute atomic E-state index is 0.158. The van der Waals surface area contributed by atoms with Gasteiger partial charge in [-0.05, 0) is 49.4 Å². The molecule has 0 bridgehead atoms. The number of benzene rings is 1. The van der Waals surface area contributed by atoms with E-state index in [0.29, 0.717) is 5.56 Å². The molecule has 4 heteroatoms. The molecule has 1 aliphatic rings. The Morgan fingerprint density at radius 3 is 2.92 bits per heavy atom. The lowest BCUT2D eigenvalue weighted by Crippen LogP contribution is -2.47. The van der Waals surface area contributed by atoms with Crippen molar-refractivity contribution in [2.45, 2.75) is 26.2 Å². The number of rotatable bonds is 4. The Hall–Kier alpha value is -2.38. The highest BCUT2D eigenvalue weighted by atomic mass is 16.3. The average Bonchev–Trinajstić information content (AvgIpc) is 2.64. The summed E-state index contributed by atoms with van der Waals surface area (Å²) in [5.41, 5.74) is 3.03. The number of aliphatic hydroxyl groups is 1. The highest BCUT2D eigenvalue weighted by molar-refractivity contribution is 5.45.